The van der Waals surface area contributed by atoms with Crippen LogP contribution in [0.25, 0.3) is 6.08 Å². The Morgan fingerprint density at radius 1 is 1.00 bits per heavy atom. The molecule has 0 saturated carbocycles. The van der Waals surface area contributed by atoms with Gasteiger partial charge < -0.3 is 10.1 Å². The second kappa shape index (κ2) is 10.4. The molecule has 0 aliphatic heterocycles. The van der Waals surface area contributed by atoms with Crippen molar-refractivity contribution in [2.45, 2.75) is 27.4 Å². The van der Waals surface area contributed by atoms with Gasteiger partial charge in [0.25, 0.3) is 5.91 Å². The van der Waals surface area contributed by atoms with Gasteiger partial charge in [0.05, 0.1) is 10.0 Å². The Labute approximate surface area is 198 Å². The summed E-state index contributed by atoms with van der Waals surface area (Å²) in [6.45, 7) is 6.20. The molecule has 6 heteroatoms. The van der Waals surface area contributed by atoms with Crippen LogP contribution in [-0.4, -0.2) is 5.91 Å². The molecule has 3 aromatic carbocycles. The lowest BCUT2D eigenvalue weighted by Gasteiger charge is -2.12. The summed E-state index contributed by atoms with van der Waals surface area (Å²) in [7, 11) is 0. The molecule has 0 aromatic heterocycles. The number of benzene rings is 3. The van der Waals surface area contributed by atoms with Gasteiger partial charge in [-0.15, -0.1) is 0 Å². The number of aryl methyl sites for hydroxylation is 3. The molecule has 4 nitrogen and oxygen atoms in total. The average molecular weight is 465 g/mol. The van der Waals surface area contributed by atoms with Crippen molar-refractivity contribution in [3.8, 4) is 11.8 Å². The molecule has 0 aliphatic carbocycles. The predicted molar refractivity (Wildman–Crippen MR) is 130 cm³/mol. The van der Waals surface area contributed by atoms with Crippen molar-refractivity contribution in [2.75, 3.05) is 5.32 Å². The third-order valence-corrected chi connectivity index (χ3v) is 5.39. The lowest BCUT2D eigenvalue weighted by Crippen LogP contribution is -2.14. The number of anilines is 1. The van der Waals surface area contributed by atoms with Crippen molar-refractivity contribution >= 4 is 40.9 Å². The van der Waals surface area contributed by atoms with E-state index in [1.54, 1.807) is 12.1 Å². The summed E-state index contributed by atoms with van der Waals surface area (Å²) in [5.74, 6) is -0.157. The number of nitrogens with one attached hydrogen (secondary N) is 1. The fourth-order valence-electron chi connectivity index (χ4n) is 3.10. The highest BCUT2D eigenvalue weighted by Gasteiger charge is 2.14. The number of ether oxygens (including phenoxy) is 1. The van der Waals surface area contributed by atoms with E-state index in [2.05, 4.69) is 5.32 Å². The lowest BCUT2D eigenvalue weighted by molar-refractivity contribution is -0.112. The quantitative estimate of drug-likeness (QED) is 0.314. The van der Waals surface area contributed by atoms with Gasteiger partial charge in [-0.2, -0.15) is 5.26 Å². The summed E-state index contributed by atoms with van der Waals surface area (Å²) in [5, 5.41) is 12.9. The molecular weight excluding hydrogens is 443 g/mol. The topological polar surface area (TPSA) is 62.1 Å². The summed E-state index contributed by atoms with van der Waals surface area (Å²) in [4.78, 5) is 12.6. The number of hydrogen-bond acceptors (Lipinski definition) is 3. The number of carbonyl (C=O) groups excluding carboxylic acids is 1. The molecule has 0 aliphatic rings. The van der Waals surface area contributed by atoms with Crippen molar-refractivity contribution in [3.05, 3.63) is 98.0 Å². The largest absolute Gasteiger partial charge is 0.486 e. The van der Waals surface area contributed by atoms with E-state index in [-0.39, 0.29) is 5.57 Å². The van der Waals surface area contributed by atoms with E-state index in [4.69, 9.17) is 27.9 Å². The summed E-state index contributed by atoms with van der Waals surface area (Å²) >= 11 is 12.8. The van der Waals surface area contributed by atoms with E-state index in [0.717, 1.165) is 22.3 Å². The molecule has 0 saturated heterocycles. The lowest BCUT2D eigenvalue weighted by atomic mass is 10.1. The van der Waals surface area contributed by atoms with Gasteiger partial charge in [-0.1, -0.05) is 70.7 Å². The van der Waals surface area contributed by atoms with Crippen LogP contribution in [0.4, 0.5) is 5.69 Å². The van der Waals surface area contributed by atoms with Gasteiger partial charge in [0, 0.05) is 5.69 Å². The van der Waals surface area contributed by atoms with Crippen molar-refractivity contribution in [1.29, 1.82) is 5.26 Å². The number of halogens is 2. The molecule has 0 radical (unpaired) electrons. The summed E-state index contributed by atoms with van der Waals surface area (Å²) in [6.07, 6.45) is 1.44. The number of nitriles is 1. The maximum absolute atomic E-state index is 12.6. The molecule has 0 bridgehead atoms. The van der Waals surface area contributed by atoms with Crippen LogP contribution < -0.4 is 10.1 Å². The number of hydrogen-bond donors (Lipinski definition) is 1. The molecule has 0 heterocycles. The Morgan fingerprint density at radius 2 is 1.62 bits per heavy atom. The Balaban J connectivity index is 1.77. The van der Waals surface area contributed by atoms with Crippen LogP contribution >= 0.6 is 23.2 Å². The molecule has 3 aromatic rings. The Hall–Kier alpha value is -3.26. The highest BCUT2D eigenvalue weighted by Crippen LogP contribution is 2.35. The van der Waals surface area contributed by atoms with E-state index >= 15 is 0 Å². The molecule has 1 amide bonds. The van der Waals surface area contributed by atoms with E-state index in [1.807, 2.05) is 69.3 Å². The highest BCUT2D eigenvalue weighted by molar-refractivity contribution is 6.37. The summed E-state index contributed by atoms with van der Waals surface area (Å²) < 4.78 is 5.80. The van der Waals surface area contributed by atoms with Crippen molar-refractivity contribution in [2.24, 2.45) is 0 Å². The number of amides is 1. The first-order chi connectivity index (χ1) is 15.3. The Kier molecular flexibility index (Phi) is 7.58. The third kappa shape index (κ3) is 5.91. The van der Waals surface area contributed by atoms with Crippen LogP contribution in [0.3, 0.4) is 0 Å². The second-order valence-electron chi connectivity index (χ2n) is 7.53. The van der Waals surface area contributed by atoms with E-state index in [9.17, 15) is 10.1 Å². The van der Waals surface area contributed by atoms with Gasteiger partial charge in [0.1, 0.15) is 18.2 Å². The van der Waals surface area contributed by atoms with Crippen molar-refractivity contribution in [3.63, 3.8) is 0 Å². The predicted octanol–water partition coefficient (Wildman–Crippen LogP) is 7.04. The standard InChI is InChI=1S/C26H22Cl2N2O2/c1-16-4-7-19(8-5-16)15-32-25-22(27)12-20(13-23(25)28)11-21(14-29)26(31)30-24-9-6-17(2)10-18(24)3/h4-13H,15H2,1-3H3,(H,30,31)/b21-11+. The average Bonchev–Trinajstić information content (AvgIpc) is 2.74. The fourth-order valence-corrected chi connectivity index (χ4v) is 3.71. The first-order valence-corrected chi connectivity index (χ1v) is 10.7. The van der Waals surface area contributed by atoms with Crippen LogP contribution in [0.5, 0.6) is 5.75 Å². The van der Waals surface area contributed by atoms with Gasteiger partial charge in [-0.25, -0.2) is 0 Å². The number of nitrogens with zero attached hydrogens (tertiary/aromatic N) is 1. The van der Waals surface area contributed by atoms with Gasteiger partial charge in [-0.3, -0.25) is 4.79 Å². The molecule has 3 rings (SSSR count). The minimum Gasteiger partial charge on any atom is -0.486 e. The van der Waals surface area contributed by atoms with Gasteiger partial charge in [0.2, 0.25) is 0 Å². The molecule has 0 spiro atoms. The monoisotopic (exact) mass is 464 g/mol. The van der Waals surface area contributed by atoms with Gasteiger partial charge in [0.15, 0.2) is 5.75 Å². The zero-order chi connectivity index (χ0) is 23.3. The normalized spacial score (nSPS) is 11.1. The molecular formula is C26H22Cl2N2O2. The Bertz CT molecular complexity index is 1200. The summed E-state index contributed by atoms with van der Waals surface area (Å²) in [5.41, 5.74) is 5.26. The molecule has 0 unspecified atom stereocenters. The zero-order valence-corrected chi connectivity index (χ0v) is 19.5. The SMILES string of the molecule is Cc1ccc(COc2c(Cl)cc(/C=C(\C#N)C(=O)Nc3ccc(C)cc3C)cc2Cl)cc1. The van der Waals surface area contributed by atoms with Crippen molar-refractivity contribution < 1.29 is 9.53 Å². The van der Waals surface area contributed by atoms with Crippen LogP contribution in [0.2, 0.25) is 10.0 Å². The number of rotatable bonds is 6. The second-order valence-corrected chi connectivity index (χ2v) is 8.34. The molecule has 0 fully saturated rings. The van der Waals surface area contributed by atoms with Crippen LogP contribution in [0.1, 0.15) is 27.8 Å². The van der Waals surface area contributed by atoms with Crippen LogP contribution in [0, 0.1) is 32.1 Å². The van der Waals surface area contributed by atoms with Gasteiger partial charge >= 0.3 is 0 Å². The maximum Gasteiger partial charge on any atom is 0.266 e. The Morgan fingerprint density at radius 3 is 2.22 bits per heavy atom. The first kappa shape index (κ1) is 23.4. The van der Waals surface area contributed by atoms with Crippen LogP contribution in [0.15, 0.2) is 60.2 Å². The first-order valence-electron chi connectivity index (χ1n) is 9.94. The smallest absolute Gasteiger partial charge is 0.266 e. The molecule has 0 atom stereocenters. The number of carbonyl (C=O) groups is 1. The van der Waals surface area contributed by atoms with E-state index in [1.165, 1.54) is 6.08 Å². The van der Waals surface area contributed by atoms with Crippen LogP contribution in [-0.2, 0) is 11.4 Å². The molecule has 1 N–H and O–H groups in total. The third-order valence-electron chi connectivity index (χ3n) is 4.83. The zero-order valence-electron chi connectivity index (χ0n) is 18.0. The van der Waals surface area contributed by atoms with E-state index < -0.39 is 5.91 Å². The minimum atomic E-state index is -0.508. The highest BCUT2D eigenvalue weighted by atomic mass is 35.5. The van der Waals surface area contributed by atoms with Gasteiger partial charge in [-0.05, 0) is 61.7 Å². The maximum atomic E-state index is 12.6. The fraction of sp³-hybridized carbons (Fsp3) is 0.154. The van der Waals surface area contributed by atoms with Crippen molar-refractivity contribution in [1.82, 2.24) is 0 Å². The summed E-state index contributed by atoms with van der Waals surface area (Å²) in [6, 6.07) is 18.8. The minimum absolute atomic E-state index is 0.0644. The molecule has 32 heavy (non-hydrogen) atoms. The molecule has 162 valence electrons. The van der Waals surface area contributed by atoms with E-state index in [0.29, 0.717) is 33.7 Å².